The molecule has 2 nitrogen and oxygen atoms in total. The second kappa shape index (κ2) is 7.55. The van der Waals surface area contributed by atoms with Crippen molar-refractivity contribution in [1.29, 1.82) is 0 Å². The van der Waals surface area contributed by atoms with Crippen molar-refractivity contribution in [2.24, 2.45) is 7.05 Å². The number of benzene rings is 4. The third-order valence-corrected chi connectivity index (χ3v) is 8.67. The minimum atomic E-state index is 0.700. The number of hydrogen-bond acceptors (Lipinski definition) is 1. The molecule has 0 bridgehead atoms. The van der Waals surface area contributed by atoms with Crippen LogP contribution in [0.4, 0.5) is 0 Å². The predicted molar refractivity (Wildman–Crippen MR) is 146 cm³/mol. The Morgan fingerprint density at radius 2 is 1.57 bits per heavy atom. The van der Waals surface area contributed by atoms with Crippen LogP contribution >= 0.6 is 0 Å². The largest absolute Gasteiger partial charge is 0.455 e. The Bertz CT molecular complexity index is 1690. The van der Waals surface area contributed by atoms with Gasteiger partial charge in [-0.3, -0.25) is 0 Å². The second-order valence-electron chi connectivity index (χ2n) is 10.9. The number of ether oxygens (including phenoxy) is 1. The maximum atomic E-state index is 6.83. The molecule has 4 aromatic carbocycles. The number of rotatable bonds is 1. The first-order valence-corrected chi connectivity index (χ1v) is 13.1. The molecule has 0 atom stereocenters. The van der Waals surface area contributed by atoms with E-state index in [0.717, 1.165) is 11.5 Å². The van der Waals surface area contributed by atoms with Crippen LogP contribution in [0, 0.1) is 20.8 Å². The lowest BCUT2D eigenvalue weighted by Crippen LogP contribution is -2.32. The van der Waals surface area contributed by atoms with Crippen molar-refractivity contribution in [1.82, 2.24) is 0 Å². The second-order valence-corrected chi connectivity index (χ2v) is 10.9. The Kier molecular flexibility index (Phi) is 4.52. The molecule has 1 aliphatic heterocycles. The third-order valence-electron chi connectivity index (χ3n) is 8.67. The van der Waals surface area contributed by atoms with Crippen LogP contribution in [0.5, 0.6) is 11.5 Å². The zero-order valence-electron chi connectivity index (χ0n) is 21.2. The summed E-state index contributed by atoms with van der Waals surface area (Å²) in [5.74, 6) is 2.70. The summed E-state index contributed by atoms with van der Waals surface area (Å²) in [4.78, 5) is 0. The molecule has 7 rings (SSSR count). The lowest BCUT2D eigenvalue weighted by atomic mass is 9.83. The molecular weight excluding hydrogens is 426 g/mol. The van der Waals surface area contributed by atoms with Gasteiger partial charge >= 0.3 is 0 Å². The first-order chi connectivity index (χ1) is 17.0. The van der Waals surface area contributed by atoms with Crippen molar-refractivity contribution in [3.8, 4) is 22.8 Å². The Balaban J connectivity index is 1.54. The Morgan fingerprint density at radius 1 is 0.771 bits per heavy atom. The zero-order valence-corrected chi connectivity index (χ0v) is 21.2. The van der Waals surface area contributed by atoms with Gasteiger partial charge in [-0.2, -0.15) is 0 Å². The summed E-state index contributed by atoms with van der Waals surface area (Å²) in [6.45, 7) is 6.64. The van der Waals surface area contributed by atoms with Crippen molar-refractivity contribution >= 4 is 32.3 Å². The summed E-state index contributed by atoms with van der Waals surface area (Å²) in [7, 11) is 2.17. The summed E-state index contributed by atoms with van der Waals surface area (Å²) < 4.78 is 9.12. The maximum Gasteiger partial charge on any atom is 0.228 e. The van der Waals surface area contributed by atoms with Crippen LogP contribution < -0.4 is 9.30 Å². The van der Waals surface area contributed by atoms with Gasteiger partial charge in [-0.15, -0.1) is 0 Å². The average molecular weight is 459 g/mol. The number of pyridine rings is 1. The lowest BCUT2D eigenvalue weighted by molar-refractivity contribution is -0.659. The van der Waals surface area contributed by atoms with Crippen molar-refractivity contribution in [2.45, 2.75) is 58.8 Å². The van der Waals surface area contributed by atoms with Gasteiger partial charge in [0.05, 0.1) is 10.9 Å². The van der Waals surface area contributed by atoms with Crippen LogP contribution in [-0.4, -0.2) is 0 Å². The van der Waals surface area contributed by atoms with Gasteiger partial charge in [0, 0.05) is 17.0 Å². The van der Waals surface area contributed by atoms with E-state index in [9.17, 15) is 0 Å². The fraction of sp³-hybridized carbons (Fsp3) is 0.303. The van der Waals surface area contributed by atoms with Gasteiger partial charge in [-0.1, -0.05) is 61.2 Å². The molecule has 1 aliphatic carbocycles. The highest BCUT2D eigenvalue weighted by molar-refractivity contribution is 6.16. The van der Waals surface area contributed by atoms with E-state index < -0.39 is 0 Å². The summed E-state index contributed by atoms with van der Waals surface area (Å²) >= 11 is 0. The first-order valence-electron chi connectivity index (χ1n) is 13.1. The van der Waals surface area contributed by atoms with Gasteiger partial charge < -0.3 is 4.74 Å². The molecule has 0 spiro atoms. The highest BCUT2D eigenvalue weighted by Crippen LogP contribution is 2.51. The van der Waals surface area contributed by atoms with Crippen LogP contribution in [0.2, 0.25) is 0 Å². The third kappa shape index (κ3) is 2.99. The van der Waals surface area contributed by atoms with Gasteiger partial charge in [0.1, 0.15) is 18.5 Å². The SMILES string of the molecule is Cc1ccc2c(C)c3c(c(C)c2c1)-c1c2c(cc4cc(C5CCCCC5)ccc4c2cc[n+]1C)O3. The average Bonchev–Trinajstić information content (AvgIpc) is 2.88. The molecule has 5 aromatic rings. The highest BCUT2D eigenvalue weighted by atomic mass is 16.5. The van der Waals surface area contributed by atoms with Crippen LogP contribution in [0.3, 0.4) is 0 Å². The Morgan fingerprint density at radius 3 is 2.40 bits per heavy atom. The molecule has 174 valence electrons. The normalized spacial score (nSPS) is 15.5. The van der Waals surface area contributed by atoms with Crippen molar-refractivity contribution in [3.63, 3.8) is 0 Å². The van der Waals surface area contributed by atoms with Crippen LogP contribution in [0.1, 0.15) is 60.3 Å². The standard InChI is InChI=1S/C33H32NO/c1-19-10-12-25-21(3)33-30(20(2)28(25)16-19)32-31-27(14-15-34(32)4)26-13-11-23(22-8-6-5-7-9-22)17-24(26)18-29(31)35-33/h10-18,22H,5-9H2,1-4H3/q+1. The molecule has 0 saturated heterocycles. The van der Waals surface area contributed by atoms with E-state index >= 15 is 0 Å². The molecule has 1 aromatic heterocycles. The molecular formula is C33H32NO+. The zero-order chi connectivity index (χ0) is 23.8. The first kappa shape index (κ1) is 20.9. The van der Waals surface area contributed by atoms with Crippen molar-refractivity contribution < 1.29 is 9.30 Å². The Labute approximate surface area is 207 Å². The molecule has 35 heavy (non-hydrogen) atoms. The number of nitrogens with zero attached hydrogens (tertiary/aromatic N) is 1. The van der Waals surface area contributed by atoms with E-state index in [0.29, 0.717) is 5.92 Å². The molecule has 0 N–H and O–H groups in total. The summed E-state index contributed by atoms with van der Waals surface area (Å²) in [5.41, 5.74) is 7.81. The fourth-order valence-electron chi connectivity index (χ4n) is 6.79. The van der Waals surface area contributed by atoms with E-state index in [1.54, 1.807) is 0 Å². The smallest absolute Gasteiger partial charge is 0.228 e. The van der Waals surface area contributed by atoms with Crippen LogP contribution in [0.15, 0.2) is 54.7 Å². The van der Waals surface area contributed by atoms with E-state index in [4.69, 9.17) is 4.74 Å². The molecule has 0 unspecified atom stereocenters. The topological polar surface area (TPSA) is 13.1 Å². The molecule has 1 saturated carbocycles. The molecule has 1 fully saturated rings. The summed E-state index contributed by atoms with van der Waals surface area (Å²) in [6, 6.07) is 18.5. The molecule has 0 radical (unpaired) electrons. The molecule has 2 heteroatoms. The van der Waals surface area contributed by atoms with E-state index in [2.05, 4.69) is 87.1 Å². The maximum absolute atomic E-state index is 6.83. The highest BCUT2D eigenvalue weighted by Gasteiger charge is 2.32. The monoisotopic (exact) mass is 458 g/mol. The fourth-order valence-corrected chi connectivity index (χ4v) is 6.79. The summed E-state index contributed by atoms with van der Waals surface area (Å²) in [5, 5.41) is 7.74. The number of hydrogen-bond donors (Lipinski definition) is 0. The molecule has 2 heterocycles. The van der Waals surface area contributed by atoms with Gasteiger partial charge in [0.15, 0.2) is 6.20 Å². The van der Waals surface area contributed by atoms with Crippen molar-refractivity contribution in [3.05, 3.63) is 77.0 Å². The number of aryl methyl sites for hydroxylation is 4. The van der Waals surface area contributed by atoms with Crippen LogP contribution in [0.25, 0.3) is 43.6 Å². The van der Waals surface area contributed by atoms with Gasteiger partial charge in [-0.05, 0) is 78.3 Å². The number of aromatic nitrogens is 1. The van der Waals surface area contributed by atoms with Crippen molar-refractivity contribution in [2.75, 3.05) is 0 Å². The predicted octanol–water partition coefficient (Wildman–Crippen LogP) is 8.72. The molecule has 0 amide bonds. The minimum absolute atomic E-state index is 0.700. The quantitative estimate of drug-likeness (QED) is 0.177. The van der Waals surface area contributed by atoms with Crippen LogP contribution in [-0.2, 0) is 7.05 Å². The van der Waals surface area contributed by atoms with E-state index in [1.807, 2.05) is 0 Å². The van der Waals surface area contributed by atoms with E-state index in [-0.39, 0.29) is 0 Å². The minimum Gasteiger partial charge on any atom is -0.455 e. The number of fused-ring (bicyclic) bond motifs is 5. The summed E-state index contributed by atoms with van der Waals surface area (Å²) in [6.07, 6.45) is 8.97. The Hall–Kier alpha value is -3.39. The van der Waals surface area contributed by atoms with Gasteiger partial charge in [-0.25, -0.2) is 4.57 Å². The van der Waals surface area contributed by atoms with E-state index in [1.165, 1.54) is 97.9 Å². The van der Waals surface area contributed by atoms with Gasteiger partial charge in [0.25, 0.3) is 0 Å². The molecule has 2 aliphatic rings. The van der Waals surface area contributed by atoms with Gasteiger partial charge in [0.2, 0.25) is 5.69 Å². The lowest BCUT2D eigenvalue weighted by Gasteiger charge is -2.25.